The van der Waals surface area contributed by atoms with Gasteiger partial charge in [-0.25, -0.2) is 4.68 Å². The molecule has 8 nitrogen and oxygen atoms in total. The molecule has 1 aromatic heterocycles. The molecule has 0 spiro atoms. The first-order chi connectivity index (χ1) is 19.5. The third-order valence-corrected chi connectivity index (χ3v) is 7.85. The van der Waals surface area contributed by atoms with E-state index in [1.165, 1.54) is 6.42 Å². The number of hydrogen-bond acceptors (Lipinski definition) is 5. The van der Waals surface area contributed by atoms with E-state index in [1.54, 1.807) is 23.6 Å². The Morgan fingerprint density at radius 2 is 1.70 bits per heavy atom. The van der Waals surface area contributed by atoms with Gasteiger partial charge in [-0.2, -0.15) is 0 Å². The first-order valence-corrected chi connectivity index (χ1v) is 14.2. The topological polar surface area (TPSA) is 89.4 Å². The van der Waals surface area contributed by atoms with Gasteiger partial charge in [-0.1, -0.05) is 67.8 Å². The Labute approximate surface area is 235 Å². The van der Waals surface area contributed by atoms with E-state index in [9.17, 15) is 9.59 Å². The number of aromatic nitrogens is 3. The molecule has 0 aliphatic heterocycles. The fourth-order valence-corrected chi connectivity index (χ4v) is 5.51. The fourth-order valence-electron chi connectivity index (χ4n) is 5.51. The summed E-state index contributed by atoms with van der Waals surface area (Å²) >= 11 is 0. The second-order valence-corrected chi connectivity index (χ2v) is 10.4. The minimum Gasteiger partial charge on any atom is -0.497 e. The van der Waals surface area contributed by atoms with Crippen LogP contribution < -0.4 is 15.0 Å². The smallest absolute Gasteiger partial charge is 0.252 e. The molecule has 3 aromatic carbocycles. The van der Waals surface area contributed by atoms with Crippen molar-refractivity contribution in [3.63, 3.8) is 0 Å². The van der Waals surface area contributed by atoms with Gasteiger partial charge in [-0.15, -0.1) is 5.10 Å². The number of aryl methyl sites for hydroxylation is 1. The number of ether oxygens (including phenoxy) is 1. The van der Waals surface area contributed by atoms with Crippen LogP contribution in [0.15, 0.2) is 72.8 Å². The van der Waals surface area contributed by atoms with Crippen molar-refractivity contribution in [3.05, 3.63) is 83.9 Å². The summed E-state index contributed by atoms with van der Waals surface area (Å²) in [6.45, 7) is 3.90. The predicted molar refractivity (Wildman–Crippen MR) is 156 cm³/mol. The summed E-state index contributed by atoms with van der Waals surface area (Å²) < 4.78 is 7.01. The van der Waals surface area contributed by atoms with Gasteiger partial charge in [0.15, 0.2) is 0 Å². The molecule has 1 N–H and O–H groups in total. The molecule has 4 aromatic rings. The van der Waals surface area contributed by atoms with Crippen molar-refractivity contribution in [2.75, 3.05) is 12.0 Å². The third kappa shape index (κ3) is 5.71. The number of nitrogens with one attached hydrogen (secondary N) is 1. The van der Waals surface area contributed by atoms with Crippen LogP contribution >= 0.6 is 0 Å². The number of benzene rings is 3. The molecule has 5 rings (SSSR count). The molecule has 0 saturated heterocycles. The SMILES string of the molecule is CCc1ccc(N(C(=O)[C@@H](C)n2nnc3ccccc32)[C@H](C(=O)NC2CCCCC2)c2ccc(OC)cc2)cc1. The standard InChI is InChI=1S/C32H37N5O3/c1-4-23-14-18-26(19-15-23)36(32(39)22(2)37-29-13-9-8-12-28(29)34-35-37)30(24-16-20-27(40-3)21-17-24)31(38)33-25-10-6-5-7-11-25/h8-9,12-22,25,30H,4-7,10-11H2,1-3H3,(H,33,38)/t22-,30+/m1/s1. The number of anilines is 1. The molecule has 1 aliphatic carbocycles. The molecule has 2 amide bonds. The Morgan fingerprint density at radius 1 is 1.00 bits per heavy atom. The number of fused-ring (bicyclic) bond motifs is 1. The van der Waals surface area contributed by atoms with Gasteiger partial charge in [0.1, 0.15) is 23.3 Å². The fraction of sp³-hybridized carbons (Fsp3) is 0.375. The average Bonchev–Trinajstić information content (AvgIpc) is 3.44. The number of rotatable bonds is 9. The molecule has 2 atom stereocenters. The summed E-state index contributed by atoms with van der Waals surface area (Å²) in [5.74, 6) is 0.239. The number of amides is 2. The molecule has 208 valence electrons. The molecule has 1 fully saturated rings. The molecule has 1 heterocycles. The Morgan fingerprint density at radius 3 is 2.38 bits per heavy atom. The van der Waals surface area contributed by atoms with Gasteiger partial charge in [-0.05, 0) is 73.7 Å². The number of carbonyl (C=O) groups is 2. The lowest BCUT2D eigenvalue weighted by Gasteiger charge is -2.35. The molecule has 0 bridgehead atoms. The number of nitrogens with zero attached hydrogens (tertiary/aromatic N) is 4. The quantitative estimate of drug-likeness (QED) is 0.291. The summed E-state index contributed by atoms with van der Waals surface area (Å²) in [5.41, 5.74) is 3.98. The van der Waals surface area contributed by atoms with Crippen molar-refractivity contribution in [1.82, 2.24) is 20.3 Å². The van der Waals surface area contributed by atoms with Gasteiger partial charge in [0.05, 0.1) is 12.6 Å². The van der Waals surface area contributed by atoms with Crippen LogP contribution in [0.25, 0.3) is 11.0 Å². The Balaban J connectivity index is 1.59. The van der Waals surface area contributed by atoms with Crippen LogP contribution in [-0.4, -0.2) is 40.0 Å². The van der Waals surface area contributed by atoms with Gasteiger partial charge < -0.3 is 10.1 Å². The molecule has 1 aliphatic rings. The highest BCUT2D eigenvalue weighted by molar-refractivity contribution is 6.03. The summed E-state index contributed by atoms with van der Waals surface area (Å²) in [6, 6.07) is 21.3. The van der Waals surface area contributed by atoms with Crippen molar-refractivity contribution >= 4 is 28.5 Å². The van der Waals surface area contributed by atoms with Gasteiger partial charge in [-0.3, -0.25) is 14.5 Å². The summed E-state index contributed by atoms with van der Waals surface area (Å²) in [4.78, 5) is 30.3. The van der Waals surface area contributed by atoms with E-state index in [1.807, 2.05) is 72.8 Å². The highest BCUT2D eigenvalue weighted by Crippen LogP contribution is 2.33. The summed E-state index contributed by atoms with van der Waals surface area (Å²) in [7, 11) is 1.61. The third-order valence-electron chi connectivity index (χ3n) is 7.85. The van der Waals surface area contributed by atoms with E-state index < -0.39 is 12.1 Å². The minimum atomic E-state index is -0.884. The molecular weight excluding hydrogens is 502 g/mol. The van der Waals surface area contributed by atoms with E-state index in [-0.39, 0.29) is 17.9 Å². The van der Waals surface area contributed by atoms with E-state index >= 15 is 0 Å². The Kier molecular flexibility index (Phi) is 8.43. The molecule has 1 saturated carbocycles. The number of methoxy groups -OCH3 is 1. The predicted octanol–water partition coefficient (Wildman–Crippen LogP) is 5.79. The lowest BCUT2D eigenvalue weighted by Crippen LogP contribution is -2.48. The van der Waals surface area contributed by atoms with E-state index in [2.05, 4.69) is 22.6 Å². The van der Waals surface area contributed by atoms with Crippen LogP contribution in [0.3, 0.4) is 0 Å². The summed E-state index contributed by atoms with van der Waals surface area (Å²) in [5, 5.41) is 11.9. The zero-order chi connectivity index (χ0) is 28.1. The van der Waals surface area contributed by atoms with E-state index in [4.69, 9.17) is 4.74 Å². The highest BCUT2D eigenvalue weighted by atomic mass is 16.5. The lowest BCUT2D eigenvalue weighted by atomic mass is 9.94. The van der Waals surface area contributed by atoms with Crippen molar-refractivity contribution in [1.29, 1.82) is 0 Å². The van der Waals surface area contributed by atoms with Crippen LogP contribution in [-0.2, 0) is 16.0 Å². The normalized spacial score (nSPS) is 15.4. The van der Waals surface area contributed by atoms with Crippen molar-refractivity contribution in [2.45, 2.75) is 70.5 Å². The zero-order valence-corrected chi connectivity index (χ0v) is 23.4. The van der Waals surface area contributed by atoms with Gasteiger partial charge in [0, 0.05) is 11.7 Å². The Bertz CT molecular complexity index is 1440. The van der Waals surface area contributed by atoms with E-state index in [0.29, 0.717) is 22.5 Å². The van der Waals surface area contributed by atoms with Gasteiger partial charge in [0.2, 0.25) is 5.91 Å². The first-order valence-electron chi connectivity index (χ1n) is 14.2. The van der Waals surface area contributed by atoms with Crippen LogP contribution in [0.2, 0.25) is 0 Å². The number of carbonyl (C=O) groups excluding carboxylic acids is 2. The maximum Gasteiger partial charge on any atom is 0.252 e. The molecule has 40 heavy (non-hydrogen) atoms. The van der Waals surface area contributed by atoms with Crippen LogP contribution in [0.1, 0.15) is 69.2 Å². The zero-order valence-electron chi connectivity index (χ0n) is 23.4. The van der Waals surface area contributed by atoms with Crippen molar-refractivity contribution in [2.24, 2.45) is 0 Å². The maximum atomic E-state index is 14.5. The molecule has 0 radical (unpaired) electrons. The molecule has 8 heteroatoms. The first kappa shape index (κ1) is 27.4. The number of para-hydroxylation sites is 1. The Hall–Kier alpha value is -4.20. The molecule has 0 unspecified atom stereocenters. The largest absolute Gasteiger partial charge is 0.497 e. The minimum absolute atomic E-state index is 0.0955. The van der Waals surface area contributed by atoms with Crippen LogP contribution in [0, 0.1) is 0 Å². The van der Waals surface area contributed by atoms with Crippen LogP contribution in [0.5, 0.6) is 5.75 Å². The van der Waals surface area contributed by atoms with Gasteiger partial charge in [0.25, 0.3) is 5.91 Å². The second kappa shape index (κ2) is 12.3. The molecular formula is C32H37N5O3. The van der Waals surface area contributed by atoms with Crippen molar-refractivity contribution < 1.29 is 14.3 Å². The van der Waals surface area contributed by atoms with Gasteiger partial charge >= 0.3 is 0 Å². The average molecular weight is 540 g/mol. The van der Waals surface area contributed by atoms with E-state index in [0.717, 1.165) is 43.2 Å². The lowest BCUT2D eigenvalue weighted by molar-refractivity contribution is -0.128. The monoisotopic (exact) mass is 539 g/mol. The highest BCUT2D eigenvalue weighted by Gasteiger charge is 2.37. The van der Waals surface area contributed by atoms with Crippen molar-refractivity contribution in [3.8, 4) is 5.75 Å². The summed E-state index contributed by atoms with van der Waals surface area (Å²) in [6.07, 6.45) is 6.14. The van der Waals surface area contributed by atoms with Crippen LogP contribution in [0.4, 0.5) is 5.69 Å². The number of hydrogen-bond donors (Lipinski definition) is 1. The maximum absolute atomic E-state index is 14.5. The second-order valence-electron chi connectivity index (χ2n) is 10.4.